The van der Waals surface area contributed by atoms with E-state index in [0.29, 0.717) is 11.1 Å². The van der Waals surface area contributed by atoms with Gasteiger partial charge in [-0.25, -0.2) is 0 Å². The van der Waals surface area contributed by atoms with Crippen LogP contribution in [0.3, 0.4) is 0 Å². The molecule has 8 heterocycles. The number of phenolic OH excluding ortho intramolecular Hbond substituents is 22. The molecule has 4 bridgehead atoms. The van der Waals surface area contributed by atoms with E-state index in [9.17, 15) is 143 Å². The van der Waals surface area contributed by atoms with E-state index in [1.807, 2.05) is 0 Å². The normalized spacial score (nSPS) is 24.4. The molecule has 0 radical (unpaired) electrons. The first-order valence-corrected chi connectivity index (χ1v) is 38.6. The molecule has 8 aliphatic heterocycles. The molecule has 0 aliphatic carbocycles. The summed E-state index contributed by atoms with van der Waals surface area (Å²) in [4.78, 5) is 0. The number of aliphatic hydroxyl groups is 6. The molecule has 12 aromatic carbocycles. The zero-order chi connectivity index (χ0) is 89.4. The van der Waals surface area contributed by atoms with Gasteiger partial charge in [0.05, 0.1) is 36.1 Å². The number of aromatic hydroxyl groups is 22. The van der Waals surface area contributed by atoms with Crippen molar-refractivity contribution < 1.29 is 181 Å². The summed E-state index contributed by atoms with van der Waals surface area (Å²) in [5.41, 5.74) is 2.12. The fourth-order valence-corrected chi connectivity index (χ4v) is 17.9. The van der Waals surface area contributed by atoms with E-state index in [-0.39, 0.29) is 178 Å². The number of aliphatic hydroxyl groups excluding tert-OH is 6. The summed E-state index contributed by atoms with van der Waals surface area (Å²) < 4.78 is 49.4. The first-order valence-electron chi connectivity index (χ1n) is 38.6. The molecule has 0 aromatic heterocycles. The summed E-state index contributed by atoms with van der Waals surface area (Å²) in [6.07, 6.45) is -13.4. The Morgan fingerprint density at radius 2 is 0.500 bits per heavy atom. The number of fused-ring (bicyclic) bond motifs is 18. The van der Waals surface area contributed by atoms with Gasteiger partial charge in [0.15, 0.2) is 75.1 Å². The molecule has 36 nitrogen and oxygen atoms in total. The standard InChI is InChI=1S/2C30H24O12.C30H26O12/c2*31-13-7-20(37)24-22(8-13)41-30(12-2-4-16(33)19(36)6-12)29(39)26(24)25-23(42-30)10-17(34)14-9-21(38)27(40-28(14)25)11-1-3-15(32)18(35)5-11;31-13-7-20(37)24-23(8-13)41-29(12-2-4-16(33)19(36)6-12)27(40)26(24)25-21(38)10-17(34)14-9-22(39)28(42-30(14)25)11-1-3-15(32)18(35)5-11/h2*1-8,10,21,26-27,29,31-39H,9H2;1-8,10,22,26-29,31-40H,9H2/t21-,26+,27+,29+,30-;21-,26-,27-,29-,30+;/m01./s1. The molecular formula is C90H74O36. The second kappa shape index (κ2) is 29.6. The van der Waals surface area contributed by atoms with Crippen LogP contribution in [-0.4, -0.2) is 180 Å². The third kappa shape index (κ3) is 13.0. The Bertz CT molecular complexity index is 6230. The molecule has 0 saturated heterocycles. The summed E-state index contributed by atoms with van der Waals surface area (Å²) >= 11 is 0. The smallest absolute Gasteiger partial charge is 0.305 e. The lowest BCUT2D eigenvalue weighted by molar-refractivity contribution is -0.219. The highest BCUT2D eigenvalue weighted by atomic mass is 16.7. The number of rotatable bonds is 7. The van der Waals surface area contributed by atoms with Gasteiger partial charge in [-0.1, -0.05) is 24.3 Å². The lowest BCUT2D eigenvalue weighted by Crippen LogP contribution is -2.57. The maximum absolute atomic E-state index is 11.9. The maximum Gasteiger partial charge on any atom is 0.305 e. The van der Waals surface area contributed by atoms with E-state index < -0.39 is 177 Å². The van der Waals surface area contributed by atoms with Crippen molar-refractivity contribution in [2.24, 2.45) is 0 Å². The van der Waals surface area contributed by atoms with Crippen LogP contribution in [0.15, 0.2) is 164 Å². The van der Waals surface area contributed by atoms with E-state index in [2.05, 4.69) is 0 Å². The minimum Gasteiger partial charge on any atom is -0.508 e. The molecule has 650 valence electrons. The Balaban J connectivity index is 0.000000128. The minimum atomic E-state index is -2.09. The van der Waals surface area contributed by atoms with E-state index in [1.54, 1.807) is 0 Å². The van der Waals surface area contributed by atoms with Crippen molar-refractivity contribution in [1.82, 2.24) is 0 Å². The number of phenols is 22. The van der Waals surface area contributed by atoms with Crippen LogP contribution in [0.25, 0.3) is 0 Å². The van der Waals surface area contributed by atoms with E-state index in [0.717, 1.165) is 36.4 Å². The predicted octanol–water partition coefficient (Wildman–Crippen LogP) is 8.58. The molecule has 20 rings (SSSR count). The molecular weight excluding hydrogens is 1660 g/mol. The van der Waals surface area contributed by atoms with Gasteiger partial charge in [-0.15, -0.1) is 0 Å². The van der Waals surface area contributed by atoms with Crippen molar-refractivity contribution in [2.75, 3.05) is 0 Å². The summed E-state index contributed by atoms with van der Waals surface area (Å²) in [7, 11) is 0. The van der Waals surface area contributed by atoms with Gasteiger partial charge in [-0.05, 0) is 107 Å². The van der Waals surface area contributed by atoms with Crippen molar-refractivity contribution in [3.63, 3.8) is 0 Å². The second-order valence-electron chi connectivity index (χ2n) is 31.4. The molecule has 12 aromatic rings. The monoisotopic (exact) mass is 1730 g/mol. The van der Waals surface area contributed by atoms with Gasteiger partial charge in [0.1, 0.15) is 140 Å². The first kappa shape index (κ1) is 81.4. The molecule has 28 N–H and O–H groups in total. The molecule has 0 spiro atoms. The molecule has 126 heavy (non-hydrogen) atoms. The minimum absolute atomic E-state index is 0.0177. The Morgan fingerprint density at radius 1 is 0.222 bits per heavy atom. The SMILES string of the molecule is Oc1cc(O)c2c(c1)OC(c1ccc(O)c(O)c1)C(O)C2c1c(O)cc(O)c2c1OC(c1ccc(O)c(O)c1)C(O)C2.Oc1cc(O)c2c(c1)O[C@@]1(c3ccc(O)c(O)c3)Oc3cc(O)c4c(c3[C@@H]2[C@H]1O)O[C@H](c1ccc(O)c(O)c1)[C@@H](O)C4.Oc1cc(O)c2c(c1)O[C@@]1(c3ccc(O)c(O)c3)Oc3cc(O)c4c(c3[C@@H]2[C@H]1O)O[C@H](c1ccc(O)c(O)c1)[C@H](O)C4. The Hall–Kier alpha value is -15.6. The van der Waals surface area contributed by atoms with Crippen LogP contribution in [0, 0.1) is 0 Å². The third-order valence-corrected chi connectivity index (χ3v) is 23.7. The topological polar surface area (TPSA) is 640 Å². The van der Waals surface area contributed by atoms with Crippen molar-refractivity contribution in [2.45, 2.75) is 110 Å². The highest BCUT2D eigenvalue weighted by Crippen LogP contribution is 2.66. The lowest BCUT2D eigenvalue weighted by Gasteiger charge is -2.50. The number of hydrogen-bond donors (Lipinski definition) is 28. The zero-order valence-electron chi connectivity index (χ0n) is 64.5. The van der Waals surface area contributed by atoms with Crippen LogP contribution >= 0.6 is 0 Å². The average Bonchev–Trinajstić information content (AvgIpc) is 0.688. The molecule has 0 saturated carbocycles. The lowest BCUT2D eigenvalue weighted by atomic mass is 9.74. The summed E-state index contributed by atoms with van der Waals surface area (Å²) in [5, 5.41) is 296. The van der Waals surface area contributed by atoms with Crippen LogP contribution in [0.4, 0.5) is 0 Å². The van der Waals surface area contributed by atoms with Gasteiger partial charge in [-0.3, -0.25) is 0 Å². The van der Waals surface area contributed by atoms with Crippen LogP contribution in [0.1, 0.15) is 126 Å². The Morgan fingerprint density at radius 3 is 0.833 bits per heavy atom. The highest BCUT2D eigenvalue weighted by Gasteiger charge is 2.63. The Kier molecular flexibility index (Phi) is 19.1. The first-order chi connectivity index (χ1) is 59.9. The van der Waals surface area contributed by atoms with E-state index in [1.165, 1.54) is 127 Å². The van der Waals surface area contributed by atoms with Crippen LogP contribution in [0.5, 0.6) is 172 Å². The molecule has 0 fully saturated rings. The second-order valence-corrected chi connectivity index (χ2v) is 31.4. The van der Waals surface area contributed by atoms with Gasteiger partial charge in [0.25, 0.3) is 0 Å². The molecule has 8 aliphatic rings. The molecule has 5 unspecified atom stereocenters. The largest absolute Gasteiger partial charge is 0.508 e. The van der Waals surface area contributed by atoms with Crippen molar-refractivity contribution in [3.8, 4) is 172 Å². The summed E-state index contributed by atoms with van der Waals surface area (Å²) in [6.45, 7) is 0. The number of benzene rings is 12. The average molecular weight is 1730 g/mol. The summed E-state index contributed by atoms with van der Waals surface area (Å²) in [5.74, 6) is -17.3. The van der Waals surface area contributed by atoms with Crippen LogP contribution in [-0.2, 0) is 30.8 Å². The van der Waals surface area contributed by atoms with Crippen LogP contribution in [0.2, 0.25) is 0 Å². The highest BCUT2D eigenvalue weighted by molar-refractivity contribution is 5.72. The van der Waals surface area contributed by atoms with Crippen molar-refractivity contribution in [1.29, 1.82) is 0 Å². The van der Waals surface area contributed by atoms with Gasteiger partial charge in [-0.2, -0.15) is 0 Å². The Labute approximate surface area is 707 Å². The maximum atomic E-state index is 11.9. The molecule has 36 heteroatoms. The van der Waals surface area contributed by atoms with E-state index in [4.69, 9.17) is 37.9 Å². The third-order valence-electron chi connectivity index (χ3n) is 23.7. The van der Waals surface area contributed by atoms with Crippen molar-refractivity contribution in [3.05, 3.63) is 247 Å². The fourth-order valence-electron chi connectivity index (χ4n) is 17.9. The predicted molar refractivity (Wildman–Crippen MR) is 426 cm³/mol. The fraction of sp³-hybridized carbons (Fsp3) is 0.200. The van der Waals surface area contributed by atoms with Gasteiger partial charge >= 0.3 is 11.6 Å². The van der Waals surface area contributed by atoms with Gasteiger partial charge in [0.2, 0.25) is 0 Å². The van der Waals surface area contributed by atoms with E-state index >= 15 is 0 Å². The number of ether oxygens (including phenoxy) is 8. The van der Waals surface area contributed by atoms with Gasteiger partial charge < -0.3 is 181 Å². The van der Waals surface area contributed by atoms with Crippen molar-refractivity contribution >= 4 is 0 Å². The van der Waals surface area contributed by atoms with Crippen LogP contribution < -0.4 is 37.9 Å². The number of hydrogen-bond acceptors (Lipinski definition) is 36. The quantitative estimate of drug-likeness (QED) is 0.0664. The van der Waals surface area contributed by atoms with Gasteiger partial charge in [0, 0.05) is 135 Å². The molecule has 15 atom stereocenters. The molecule has 0 amide bonds. The zero-order valence-corrected chi connectivity index (χ0v) is 64.5. The summed E-state index contributed by atoms with van der Waals surface area (Å²) in [6, 6.07) is 33.0.